The normalized spacial score (nSPS) is 21.6. The standard InChI is InChI=1S/C11H14OS/c1-8(2)11-12-7-9-5-3-4-6-10(9)13-11/h3-6,8,11H,7H2,1-2H3. The first-order valence-electron chi connectivity index (χ1n) is 4.63. The third-order valence-electron chi connectivity index (χ3n) is 2.16. The largest absolute Gasteiger partial charge is 0.362 e. The fourth-order valence-electron chi connectivity index (χ4n) is 1.40. The topological polar surface area (TPSA) is 9.23 Å². The Labute approximate surface area is 83.5 Å². The first-order chi connectivity index (χ1) is 6.27. The first kappa shape index (κ1) is 9.10. The fourth-order valence-corrected chi connectivity index (χ4v) is 2.49. The summed E-state index contributed by atoms with van der Waals surface area (Å²) in [6, 6.07) is 8.48. The Morgan fingerprint density at radius 2 is 2.15 bits per heavy atom. The summed E-state index contributed by atoms with van der Waals surface area (Å²) in [6.45, 7) is 5.17. The molecule has 1 aromatic carbocycles. The van der Waals surface area contributed by atoms with Crippen LogP contribution in [-0.4, -0.2) is 5.44 Å². The van der Waals surface area contributed by atoms with Crippen molar-refractivity contribution in [2.45, 2.75) is 30.8 Å². The van der Waals surface area contributed by atoms with E-state index in [9.17, 15) is 0 Å². The van der Waals surface area contributed by atoms with Crippen LogP contribution in [0.2, 0.25) is 0 Å². The van der Waals surface area contributed by atoms with E-state index in [1.807, 2.05) is 11.8 Å². The lowest BCUT2D eigenvalue weighted by Gasteiger charge is -2.27. The van der Waals surface area contributed by atoms with Gasteiger partial charge in [0.25, 0.3) is 0 Å². The predicted octanol–water partition coefficient (Wildman–Crippen LogP) is 3.29. The Morgan fingerprint density at radius 3 is 2.92 bits per heavy atom. The molecule has 1 aliphatic heterocycles. The maximum Gasteiger partial charge on any atom is 0.110 e. The van der Waals surface area contributed by atoms with Gasteiger partial charge in [-0.3, -0.25) is 0 Å². The Bertz CT molecular complexity index is 296. The monoisotopic (exact) mass is 194 g/mol. The van der Waals surface area contributed by atoms with E-state index in [-0.39, 0.29) is 0 Å². The molecule has 0 aliphatic carbocycles. The van der Waals surface area contributed by atoms with Crippen LogP contribution >= 0.6 is 11.8 Å². The summed E-state index contributed by atoms with van der Waals surface area (Å²) in [5, 5.41) is 0. The number of hydrogen-bond acceptors (Lipinski definition) is 2. The molecule has 2 heteroatoms. The smallest absolute Gasteiger partial charge is 0.110 e. The molecule has 1 unspecified atom stereocenters. The Kier molecular flexibility index (Phi) is 2.61. The maximum absolute atomic E-state index is 5.73. The average molecular weight is 194 g/mol. The van der Waals surface area contributed by atoms with Crippen LogP contribution in [-0.2, 0) is 11.3 Å². The van der Waals surface area contributed by atoms with E-state index < -0.39 is 0 Å². The molecule has 0 saturated heterocycles. The lowest BCUT2D eigenvalue weighted by molar-refractivity contribution is 0.0650. The summed E-state index contributed by atoms with van der Waals surface area (Å²) in [4.78, 5) is 1.38. The van der Waals surface area contributed by atoms with Crippen molar-refractivity contribution >= 4 is 11.8 Å². The highest BCUT2D eigenvalue weighted by Crippen LogP contribution is 2.36. The van der Waals surface area contributed by atoms with Crippen LogP contribution in [0.4, 0.5) is 0 Å². The van der Waals surface area contributed by atoms with E-state index in [2.05, 4.69) is 38.1 Å². The van der Waals surface area contributed by atoms with Gasteiger partial charge in [0, 0.05) is 4.90 Å². The van der Waals surface area contributed by atoms with E-state index >= 15 is 0 Å². The molecule has 1 aliphatic rings. The highest BCUT2D eigenvalue weighted by atomic mass is 32.2. The van der Waals surface area contributed by atoms with Gasteiger partial charge in [0.05, 0.1) is 6.61 Å². The van der Waals surface area contributed by atoms with Gasteiger partial charge in [-0.25, -0.2) is 0 Å². The molecule has 1 atom stereocenters. The van der Waals surface area contributed by atoms with Crippen molar-refractivity contribution in [3.8, 4) is 0 Å². The molecule has 0 amide bonds. The van der Waals surface area contributed by atoms with Crippen molar-refractivity contribution in [2.24, 2.45) is 5.92 Å². The van der Waals surface area contributed by atoms with Crippen molar-refractivity contribution in [3.63, 3.8) is 0 Å². The highest BCUT2D eigenvalue weighted by Gasteiger charge is 2.21. The molecule has 0 fully saturated rings. The zero-order chi connectivity index (χ0) is 9.26. The molecule has 70 valence electrons. The number of rotatable bonds is 1. The maximum atomic E-state index is 5.73. The molecule has 0 bridgehead atoms. The van der Waals surface area contributed by atoms with Gasteiger partial charge in [0.1, 0.15) is 5.44 Å². The van der Waals surface area contributed by atoms with Gasteiger partial charge in [-0.15, -0.1) is 0 Å². The first-order valence-corrected chi connectivity index (χ1v) is 5.51. The van der Waals surface area contributed by atoms with E-state index in [4.69, 9.17) is 4.74 Å². The third-order valence-corrected chi connectivity index (χ3v) is 3.73. The minimum atomic E-state index is 0.329. The third kappa shape index (κ3) is 1.89. The van der Waals surface area contributed by atoms with Gasteiger partial charge in [0.15, 0.2) is 0 Å². The summed E-state index contributed by atoms with van der Waals surface area (Å²) >= 11 is 1.84. The van der Waals surface area contributed by atoms with E-state index in [1.165, 1.54) is 10.5 Å². The van der Waals surface area contributed by atoms with Gasteiger partial charge in [-0.1, -0.05) is 43.8 Å². The van der Waals surface area contributed by atoms with E-state index in [0.29, 0.717) is 11.4 Å². The summed E-state index contributed by atoms with van der Waals surface area (Å²) in [6.07, 6.45) is 0. The van der Waals surface area contributed by atoms with Crippen molar-refractivity contribution in [3.05, 3.63) is 29.8 Å². The lowest BCUT2D eigenvalue weighted by atomic mass is 10.2. The number of hydrogen-bond donors (Lipinski definition) is 0. The number of thioether (sulfide) groups is 1. The molecule has 13 heavy (non-hydrogen) atoms. The van der Waals surface area contributed by atoms with Crippen molar-refractivity contribution in [1.29, 1.82) is 0 Å². The van der Waals surface area contributed by atoms with Crippen LogP contribution in [0.1, 0.15) is 19.4 Å². The molecule has 0 aromatic heterocycles. The van der Waals surface area contributed by atoms with Gasteiger partial charge in [-0.2, -0.15) is 0 Å². The summed E-state index contributed by atoms with van der Waals surface area (Å²) < 4.78 is 5.73. The van der Waals surface area contributed by atoms with Crippen LogP contribution in [0.15, 0.2) is 29.2 Å². The number of benzene rings is 1. The fraction of sp³-hybridized carbons (Fsp3) is 0.455. The Hall–Kier alpha value is -0.470. The summed E-state index contributed by atoms with van der Waals surface area (Å²) in [5.74, 6) is 0.582. The summed E-state index contributed by atoms with van der Waals surface area (Å²) in [5.41, 5.74) is 1.65. The molecule has 2 rings (SSSR count). The number of ether oxygens (including phenoxy) is 1. The van der Waals surface area contributed by atoms with Crippen LogP contribution in [0, 0.1) is 5.92 Å². The van der Waals surface area contributed by atoms with Gasteiger partial charge >= 0.3 is 0 Å². The molecule has 0 saturated carbocycles. The lowest BCUT2D eigenvalue weighted by Crippen LogP contribution is -2.19. The molecule has 1 heterocycles. The molecule has 1 aromatic rings. The quantitative estimate of drug-likeness (QED) is 0.678. The van der Waals surface area contributed by atoms with Gasteiger partial charge < -0.3 is 4.74 Å². The zero-order valence-electron chi connectivity index (χ0n) is 7.99. The van der Waals surface area contributed by atoms with E-state index in [0.717, 1.165) is 6.61 Å². The van der Waals surface area contributed by atoms with Crippen molar-refractivity contribution in [1.82, 2.24) is 0 Å². The van der Waals surface area contributed by atoms with Crippen LogP contribution in [0.25, 0.3) is 0 Å². The molecular formula is C11H14OS. The van der Waals surface area contributed by atoms with Crippen LogP contribution in [0.5, 0.6) is 0 Å². The molecule has 0 N–H and O–H groups in total. The second-order valence-corrected chi connectivity index (χ2v) is 4.79. The van der Waals surface area contributed by atoms with Crippen LogP contribution in [0.3, 0.4) is 0 Å². The van der Waals surface area contributed by atoms with Crippen molar-refractivity contribution < 1.29 is 4.74 Å². The molecular weight excluding hydrogens is 180 g/mol. The average Bonchev–Trinajstić information content (AvgIpc) is 2.17. The number of fused-ring (bicyclic) bond motifs is 1. The Balaban J connectivity index is 2.20. The Morgan fingerprint density at radius 1 is 1.38 bits per heavy atom. The molecule has 1 nitrogen and oxygen atoms in total. The molecule has 0 radical (unpaired) electrons. The van der Waals surface area contributed by atoms with Gasteiger partial charge in [-0.05, 0) is 17.5 Å². The minimum Gasteiger partial charge on any atom is -0.362 e. The second kappa shape index (κ2) is 3.72. The van der Waals surface area contributed by atoms with Crippen molar-refractivity contribution in [2.75, 3.05) is 0 Å². The van der Waals surface area contributed by atoms with E-state index in [1.54, 1.807) is 0 Å². The SMILES string of the molecule is CC(C)C1OCc2ccccc2S1. The molecule has 0 spiro atoms. The zero-order valence-corrected chi connectivity index (χ0v) is 8.80. The van der Waals surface area contributed by atoms with Crippen LogP contribution < -0.4 is 0 Å². The highest BCUT2D eigenvalue weighted by molar-refractivity contribution is 7.99. The predicted molar refractivity (Wildman–Crippen MR) is 55.7 cm³/mol. The minimum absolute atomic E-state index is 0.329. The second-order valence-electron chi connectivity index (χ2n) is 3.65. The summed E-state index contributed by atoms with van der Waals surface area (Å²) in [7, 11) is 0. The van der Waals surface area contributed by atoms with Gasteiger partial charge in [0.2, 0.25) is 0 Å².